The van der Waals surface area contributed by atoms with Crippen molar-refractivity contribution in [3.8, 4) is 11.3 Å². The lowest BCUT2D eigenvalue weighted by Crippen LogP contribution is -2.47. The molecule has 2 radical (unpaired) electrons. The van der Waals surface area contributed by atoms with Crippen LogP contribution in [0.2, 0.25) is 5.31 Å². The first kappa shape index (κ1) is 16.4. The molecule has 1 aromatic heterocycles. The summed E-state index contributed by atoms with van der Waals surface area (Å²) < 4.78 is 1.79. The topological polar surface area (TPSA) is 38.1 Å². The quantitative estimate of drug-likeness (QED) is 0.790. The fourth-order valence-corrected chi connectivity index (χ4v) is 4.53. The normalized spacial score (nSPS) is 26.3. The second kappa shape index (κ2) is 6.36. The van der Waals surface area contributed by atoms with Crippen LogP contribution in [0.5, 0.6) is 0 Å². The van der Waals surface area contributed by atoms with Crippen molar-refractivity contribution in [2.75, 3.05) is 13.1 Å². The molecule has 1 saturated heterocycles. The van der Waals surface area contributed by atoms with Gasteiger partial charge in [-0.1, -0.05) is 54.9 Å². The van der Waals surface area contributed by atoms with Crippen molar-refractivity contribution >= 4 is 13.8 Å². The van der Waals surface area contributed by atoms with Crippen LogP contribution in [0.25, 0.3) is 11.3 Å². The van der Waals surface area contributed by atoms with Gasteiger partial charge < -0.3 is 4.90 Å². The summed E-state index contributed by atoms with van der Waals surface area (Å²) in [5.41, 5.74) is 2.60. The number of likely N-dealkylation sites (tertiary alicyclic amines) is 1. The Morgan fingerprint density at radius 3 is 2.84 bits per heavy atom. The van der Waals surface area contributed by atoms with Gasteiger partial charge in [0.15, 0.2) is 0 Å². The molecule has 2 aromatic rings. The summed E-state index contributed by atoms with van der Waals surface area (Å²) in [6, 6.07) is 10.0. The first-order valence-corrected chi connectivity index (χ1v) is 9.24. The zero-order valence-electron chi connectivity index (χ0n) is 14.8. The van der Waals surface area contributed by atoms with E-state index in [2.05, 4.69) is 5.10 Å². The Morgan fingerprint density at radius 1 is 1.24 bits per heavy atom. The molecule has 2 aliphatic rings. The van der Waals surface area contributed by atoms with Crippen LogP contribution in [0.15, 0.2) is 36.5 Å². The Labute approximate surface area is 150 Å². The maximum Gasteiger partial charge on any atom is 0.257 e. The molecule has 4 rings (SSSR count). The highest BCUT2D eigenvalue weighted by Crippen LogP contribution is 2.50. The van der Waals surface area contributed by atoms with Gasteiger partial charge in [0.05, 0.1) is 25.3 Å². The summed E-state index contributed by atoms with van der Waals surface area (Å²) in [6.07, 6.45) is 7.30. The van der Waals surface area contributed by atoms with E-state index in [0.717, 1.165) is 43.6 Å². The van der Waals surface area contributed by atoms with E-state index < -0.39 is 0 Å². The Kier molecular flexibility index (Phi) is 4.18. The number of hydrogen-bond acceptors (Lipinski definition) is 2. The average molecular weight is 333 g/mol. The van der Waals surface area contributed by atoms with Crippen LogP contribution < -0.4 is 0 Å². The summed E-state index contributed by atoms with van der Waals surface area (Å²) in [7, 11) is 8.53. The third-order valence-electron chi connectivity index (χ3n) is 6.05. The number of nitrogens with zero attached hydrogens (tertiary/aromatic N) is 3. The zero-order valence-corrected chi connectivity index (χ0v) is 14.8. The fourth-order valence-electron chi connectivity index (χ4n) is 4.53. The highest BCUT2D eigenvalue weighted by atomic mass is 16.2. The second-order valence-electron chi connectivity index (χ2n) is 7.57. The standard InChI is InChI=1S/C20H24BN3O/c1-23-18(15-7-3-2-4-8-15)17(13-22-23)19(25)24-12-11-20(21)10-6-5-9-16(20)14-24/h2-4,7-8,13,16H,5-6,9-12,14H2,1H3. The molecule has 2 unspecified atom stereocenters. The van der Waals surface area contributed by atoms with E-state index in [1.807, 2.05) is 42.3 Å². The first-order chi connectivity index (χ1) is 12.1. The molecule has 1 aliphatic carbocycles. The largest absolute Gasteiger partial charge is 0.338 e. The first-order valence-electron chi connectivity index (χ1n) is 9.24. The van der Waals surface area contributed by atoms with E-state index in [4.69, 9.17) is 7.85 Å². The molecule has 0 spiro atoms. The van der Waals surface area contributed by atoms with Crippen molar-refractivity contribution in [1.29, 1.82) is 0 Å². The van der Waals surface area contributed by atoms with Crippen LogP contribution >= 0.6 is 0 Å². The number of amides is 1. The lowest BCUT2D eigenvalue weighted by molar-refractivity contribution is 0.0556. The molecule has 5 heteroatoms. The summed E-state index contributed by atoms with van der Waals surface area (Å²) in [4.78, 5) is 15.2. The highest BCUT2D eigenvalue weighted by molar-refractivity contribution is 6.15. The number of rotatable bonds is 2. The number of carbonyl (C=O) groups is 1. The lowest BCUT2D eigenvalue weighted by Gasteiger charge is -2.49. The molecule has 0 bridgehead atoms. The predicted molar refractivity (Wildman–Crippen MR) is 99.6 cm³/mol. The molecule has 25 heavy (non-hydrogen) atoms. The van der Waals surface area contributed by atoms with E-state index in [1.54, 1.807) is 10.9 Å². The highest BCUT2D eigenvalue weighted by Gasteiger charge is 2.41. The van der Waals surface area contributed by atoms with Crippen molar-refractivity contribution < 1.29 is 4.79 Å². The summed E-state index contributed by atoms with van der Waals surface area (Å²) in [5, 5.41) is 4.29. The summed E-state index contributed by atoms with van der Waals surface area (Å²) >= 11 is 0. The molecular weight excluding hydrogens is 309 g/mol. The number of hydrogen-bond donors (Lipinski definition) is 0. The number of benzene rings is 1. The fraction of sp³-hybridized carbons (Fsp3) is 0.500. The lowest BCUT2D eigenvalue weighted by atomic mass is 9.51. The third kappa shape index (κ3) is 2.90. The van der Waals surface area contributed by atoms with Gasteiger partial charge in [-0.25, -0.2) is 0 Å². The minimum absolute atomic E-state index is 0.0633. The molecule has 1 aliphatic heterocycles. The number of carbonyl (C=O) groups excluding carboxylic acids is 1. The van der Waals surface area contributed by atoms with E-state index in [9.17, 15) is 4.79 Å². The molecule has 2 atom stereocenters. The van der Waals surface area contributed by atoms with Gasteiger partial charge in [0, 0.05) is 25.7 Å². The van der Waals surface area contributed by atoms with Crippen molar-refractivity contribution in [2.24, 2.45) is 13.0 Å². The van der Waals surface area contributed by atoms with E-state index >= 15 is 0 Å². The Morgan fingerprint density at radius 2 is 2.04 bits per heavy atom. The number of aryl methyl sites for hydroxylation is 1. The van der Waals surface area contributed by atoms with E-state index in [0.29, 0.717) is 11.5 Å². The Bertz CT molecular complexity index is 773. The van der Waals surface area contributed by atoms with Gasteiger partial charge in [0.1, 0.15) is 0 Å². The molecule has 4 nitrogen and oxygen atoms in total. The van der Waals surface area contributed by atoms with Crippen molar-refractivity contribution in [1.82, 2.24) is 14.7 Å². The molecular formula is C20H24BN3O. The van der Waals surface area contributed by atoms with Crippen LogP contribution in [0.3, 0.4) is 0 Å². The van der Waals surface area contributed by atoms with Crippen molar-refractivity contribution in [3.63, 3.8) is 0 Å². The molecule has 0 N–H and O–H groups in total. The van der Waals surface area contributed by atoms with Crippen LogP contribution in [-0.4, -0.2) is 41.5 Å². The molecule has 2 heterocycles. The van der Waals surface area contributed by atoms with Gasteiger partial charge >= 0.3 is 0 Å². The maximum atomic E-state index is 13.2. The van der Waals surface area contributed by atoms with Crippen LogP contribution in [0.1, 0.15) is 42.5 Å². The Balaban J connectivity index is 1.60. The molecule has 1 aromatic carbocycles. The summed E-state index contributed by atoms with van der Waals surface area (Å²) in [5.74, 6) is 0.510. The Hall–Kier alpha value is -2.04. The van der Waals surface area contributed by atoms with Gasteiger partial charge in [0.25, 0.3) is 5.91 Å². The van der Waals surface area contributed by atoms with E-state index in [1.165, 1.54) is 12.8 Å². The van der Waals surface area contributed by atoms with Gasteiger partial charge in [-0.3, -0.25) is 9.48 Å². The van der Waals surface area contributed by atoms with Gasteiger partial charge in [-0.15, -0.1) is 0 Å². The minimum atomic E-state index is -0.0633. The van der Waals surface area contributed by atoms with Crippen molar-refractivity contribution in [2.45, 2.75) is 37.4 Å². The molecule has 128 valence electrons. The number of piperidine rings is 1. The van der Waals surface area contributed by atoms with Crippen LogP contribution in [-0.2, 0) is 7.05 Å². The predicted octanol–water partition coefficient (Wildman–Crippen LogP) is 3.45. The molecule has 1 amide bonds. The van der Waals surface area contributed by atoms with Gasteiger partial charge in [-0.2, -0.15) is 5.10 Å². The second-order valence-corrected chi connectivity index (χ2v) is 7.57. The maximum absolute atomic E-state index is 13.2. The van der Waals surface area contributed by atoms with Crippen LogP contribution in [0, 0.1) is 5.92 Å². The SMILES string of the molecule is [B]C12CCCCC1CN(C(=O)c1cnn(C)c1-c1ccccc1)CC2. The average Bonchev–Trinajstić information content (AvgIpc) is 3.02. The summed E-state index contributed by atoms with van der Waals surface area (Å²) in [6.45, 7) is 1.52. The number of aromatic nitrogens is 2. The smallest absolute Gasteiger partial charge is 0.257 e. The van der Waals surface area contributed by atoms with Crippen LogP contribution in [0.4, 0.5) is 0 Å². The van der Waals surface area contributed by atoms with Gasteiger partial charge in [0.2, 0.25) is 0 Å². The van der Waals surface area contributed by atoms with Gasteiger partial charge in [-0.05, 0) is 18.8 Å². The van der Waals surface area contributed by atoms with Crippen molar-refractivity contribution in [3.05, 3.63) is 42.1 Å². The zero-order chi connectivity index (χ0) is 17.4. The monoisotopic (exact) mass is 333 g/mol. The third-order valence-corrected chi connectivity index (χ3v) is 6.05. The van der Waals surface area contributed by atoms with E-state index in [-0.39, 0.29) is 11.2 Å². The molecule has 2 fully saturated rings. The molecule has 1 saturated carbocycles. The minimum Gasteiger partial charge on any atom is -0.338 e. The number of fused-ring (bicyclic) bond motifs is 1.